The maximum atomic E-state index is 11.3. The Kier molecular flexibility index (Phi) is 4.79. The second-order valence-electron chi connectivity index (χ2n) is 4.77. The molecule has 0 saturated carbocycles. The van der Waals surface area contributed by atoms with Crippen molar-refractivity contribution in [3.05, 3.63) is 23.4 Å². The number of aromatic nitrogens is 1. The molecule has 1 aliphatic rings. The van der Waals surface area contributed by atoms with Crippen LogP contribution < -0.4 is 11.3 Å². The normalized spacial score (nSPS) is 22.5. The summed E-state index contributed by atoms with van der Waals surface area (Å²) < 4.78 is 5.66. The first-order chi connectivity index (χ1) is 9.08. The van der Waals surface area contributed by atoms with Gasteiger partial charge in [0.25, 0.3) is 5.91 Å². The van der Waals surface area contributed by atoms with Gasteiger partial charge in [-0.25, -0.2) is 10.8 Å². The molecule has 3 N–H and O–H groups in total. The topological polar surface area (TPSA) is 77.2 Å². The van der Waals surface area contributed by atoms with Crippen LogP contribution in [0.25, 0.3) is 0 Å². The third-order valence-electron chi connectivity index (χ3n) is 3.03. The molecule has 2 rings (SSSR count). The number of nitrogens with zero attached hydrogens (tertiary/aromatic N) is 1. The molecule has 0 bridgehead atoms. The molecule has 6 heteroatoms. The molecule has 104 valence electrons. The number of ether oxygens (including phenoxy) is 1. The molecule has 1 amide bonds. The fourth-order valence-corrected chi connectivity index (χ4v) is 3.25. The van der Waals surface area contributed by atoms with Crippen LogP contribution in [0.2, 0.25) is 0 Å². The van der Waals surface area contributed by atoms with Gasteiger partial charge in [-0.2, -0.15) is 0 Å². The molecule has 2 unspecified atom stereocenters. The minimum atomic E-state index is -0.400. The lowest BCUT2D eigenvalue weighted by Crippen LogP contribution is -2.39. The Bertz CT molecular complexity index is 447. The summed E-state index contributed by atoms with van der Waals surface area (Å²) in [6.45, 7) is 4.05. The van der Waals surface area contributed by atoms with Crippen LogP contribution in [0.15, 0.2) is 17.2 Å². The van der Waals surface area contributed by atoms with Crippen molar-refractivity contribution < 1.29 is 9.53 Å². The third kappa shape index (κ3) is 3.92. The molecule has 2 heterocycles. The zero-order valence-electron chi connectivity index (χ0n) is 11.2. The Morgan fingerprint density at radius 2 is 2.32 bits per heavy atom. The van der Waals surface area contributed by atoms with E-state index in [0.717, 1.165) is 29.3 Å². The first-order valence-corrected chi connectivity index (χ1v) is 7.31. The molecule has 1 aromatic heterocycles. The number of hydrogen-bond acceptors (Lipinski definition) is 5. The van der Waals surface area contributed by atoms with E-state index in [9.17, 15) is 4.79 Å². The lowest BCUT2D eigenvalue weighted by atomic mass is 10.2. The summed E-state index contributed by atoms with van der Waals surface area (Å²) in [5, 5.41) is 1.01. The SMILES string of the molecule is Cc1cc(C)nc(SCC2CCC(C(=O)NN)O2)c1. The predicted octanol–water partition coefficient (Wildman–Crippen LogP) is 1.33. The second kappa shape index (κ2) is 6.36. The second-order valence-corrected chi connectivity index (χ2v) is 5.81. The summed E-state index contributed by atoms with van der Waals surface area (Å²) in [5.74, 6) is 5.67. The number of hydrogen-bond donors (Lipinski definition) is 2. The summed E-state index contributed by atoms with van der Waals surface area (Å²) in [6.07, 6.45) is 1.31. The number of carbonyl (C=O) groups excluding carboxylic acids is 1. The monoisotopic (exact) mass is 281 g/mol. The molecule has 1 aliphatic heterocycles. The lowest BCUT2D eigenvalue weighted by molar-refractivity contribution is -0.131. The highest BCUT2D eigenvalue weighted by atomic mass is 32.2. The Labute approximate surface area is 117 Å². The van der Waals surface area contributed by atoms with Gasteiger partial charge in [0.05, 0.1) is 11.1 Å². The van der Waals surface area contributed by atoms with Gasteiger partial charge in [-0.3, -0.25) is 10.2 Å². The largest absolute Gasteiger partial charge is 0.364 e. The number of rotatable bonds is 4. The molecule has 1 saturated heterocycles. The molecule has 0 spiro atoms. The first-order valence-electron chi connectivity index (χ1n) is 6.32. The molecular formula is C13H19N3O2S. The average Bonchev–Trinajstić information content (AvgIpc) is 2.83. The minimum absolute atomic E-state index is 0.0925. The van der Waals surface area contributed by atoms with E-state index in [4.69, 9.17) is 10.6 Å². The van der Waals surface area contributed by atoms with E-state index in [1.54, 1.807) is 11.8 Å². The molecule has 1 aromatic rings. The average molecular weight is 281 g/mol. The van der Waals surface area contributed by atoms with E-state index < -0.39 is 6.10 Å². The fraction of sp³-hybridized carbons (Fsp3) is 0.538. The third-order valence-corrected chi connectivity index (χ3v) is 4.08. The van der Waals surface area contributed by atoms with Gasteiger partial charge in [0.2, 0.25) is 0 Å². The van der Waals surface area contributed by atoms with Crippen LogP contribution >= 0.6 is 11.8 Å². The van der Waals surface area contributed by atoms with Crippen LogP contribution in [0.4, 0.5) is 0 Å². The Morgan fingerprint density at radius 1 is 1.53 bits per heavy atom. The summed E-state index contributed by atoms with van der Waals surface area (Å²) in [7, 11) is 0. The predicted molar refractivity (Wildman–Crippen MR) is 74.7 cm³/mol. The quantitative estimate of drug-likeness (QED) is 0.377. The van der Waals surface area contributed by atoms with Gasteiger partial charge in [-0.15, -0.1) is 11.8 Å². The standard InChI is InChI=1S/C13H19N3O2S/c1-8-5-9(2)15-12(6-8)19-7-10-3-4-11(18-10)13(17)16-14/h5-6,10-11H,3-4,7,14H2,1-2H3,(H,16,17). The molecular weight excluding hydrogens is 262 g/mol. The first kappa shape index (κ1) is 14.3. The molecule has 0 aliphatic carbocycles. The smallest absolute Gasteiger partial charge is 0.263 e. The van der Waals surface area contributed by atoms with Gasteiger partial charge >= 0.3 is 0 Å². The van der Waals surface area contributed by atoms with Crippen molar-refractivity contribution in [1.29, 1.82) is 0 Å². The van der Waals surface area contributed by atoms with Crippen LogP contribution in [0.1, 0.15) is 24.1 Å². The van der Waals surface area contributed by atoms with Crippen molar-refractivity contribution >= 4 is 17.7 Å². The minimum Gasteiger partial charge on any atom is -0.364 e. The van der Waals surface area contributed by atoms with Crippen LogP contribution in [0, 0.1) is 13.8 Å². The number of carbonyl (C=O) groups is 1. The lowest BCUT2D eigenvalue weighted by Gasteiger charge is -2.12. The highest BCUT2D eigenvalue weighted by Gasteiger charge is 2.30. The Hall–Kier alpha value is -1.11. The number of nitrogens with one attached hydrogen (secondary N) is 1. The molecule has 19 heavy (non-hydrogen) atoms. The highest BCUT2D eigenvalue weighted by Crippen LogP contribution is 2.26. The van der Waals surface area contributed by atoms with Crippen molar-refractivity contribution in [2.75, 3.05) is 5.75 Å². The Balaban J connectivity index is 1.85. The van der Waals surface area contributed by atoms with Gasteiger partial charge in [-0.05, 0) is 44.4 Å². The van der Waals surface area contributed by atoms with E-state index in [0.29, 0.717) is 0 Å². The molecule has 1 fully saturated rings. The van der Waals surface area contributed by atoms with E-state index in [-0.39, 0.29) is 12.0 Å². The maximum absolute atomic E-state index is 11.3. The van der Waals surface area contributed by atoms with Crippen LogP contribution in [0.3, 0.4) is 0 Å². The zero-order valence-corrected chi connectivity index (χ0v) is 12.0. The van der Waals surface area contributed by atoms with Crippen molar-refractivity contribution in [2.45, 2.75) is 43.9 Å². The number of nitrogens with two attached hydrogens (primary N) is 1. The van der Waals surface area contributed by atoms with Crippen molar-refractivity contribution in [1.82, 2.24) is 10.4 Å². The number of aryl methyl sites for hydroxylation is 2. The number of pyridine rings is 1. The number of hydrazine groups is 1. The fourth-order valence-electron chi connectivity index (χ4n) is 2.17. The summed E-state index contributed by atoms with van der Waals surface area (Å²) in [4.78, 5) is 15.8. The molecule has 2 atom stereocenters. The van der Waals surface area contributed by atoms with Gasteiger partial charge in [-0.1, -0.05) is 0 Å². The van der Waals surface area contributed by atoms with Crippen molar-refractivity contribution in [3.8, 4) is 0 Å². The van der Waals surface area contributed by atoms with E-state index >= 15 is 0 Å². The summed E-state index contributed by atoms with van der Waals surface area (Å²) in [5.41, 5.74) is 4.37. The number of amides is 1. The van der Waals surface area contributed by atoms with E-state index in [1.807, 2.05) is 6.92 Å². The van der Waals surface area contributed by atoms with Crippen molar-refractivity contribution in [2.24, 2.45) is 5.84 Å². The molecule has 0 radical (unpaired) electrons. The van der Waals surface area contributed by atoms with Crippen LogP contribution in [-0.2, 0) is 9.53 Å². The molecule has 5 nitrogen and oxygen atoms in total. The zero-order chi connectivity index (χ0) is 13.8. The van der Waals surface area contributed by atoms with Gasteiger partial charge in [0.15, 0.2) is 0 Å². The van der Waals surface area contributed by atoms with Gasteiger partial charge in [0, 0.05) is 11.4 Å². The van der Waals surface area contributed by atoms with Gasteiger partial charge < -0.3 is 4.74 Å². The maximum Gasteiger partial charge on any atom is 0.263 e. The highest BCUT2D eigenvalue weighted by molar-refractivity contribution is 7.99. The van der Waals surface area contributed by atoms with E-state index in [1.165, 1.54) is 5.56 Å². The summed E-state index contributed by atoms with van der Waals surface area (Å²) >= 11 is 1.67. The van der Waals surface area contributed by atoms with Gasteiger partial charge in [0.1, 0.15) is 6.10 Å². The van der Waals surface area contributed by atoms with E-state index in [2.05, 4.69) is 29.5 Å². The Morgan fingerprint density at radius 3 is 3.00 bits per heavy atom. The summed E-state index contributed by atoms with van der Waals surface area (Å²) in [6, 6.07) is 4.12. The molecule has 0 aromatic carbocycles. The van der Waals surface area contributed by atoms with Crippen molar-refractivity contribution in [3.63, 3.8) is 0 Å². The number of thioether (sulfide) groups is 1. The van der Waals surface area contributed by atoms with Crippen LogP contribution in [0.5, 0.6) is 0 Å². The van der Waals surface area contributed by atoms with Crippen LogP contribution in [-0.4, -0.2) is 28.9 Å².